The third kappa shape index (κ3) is 1.88. The molecule has 68 valence electrons. The maximum atomic E-state index is 5.96. The summed E-state index contributed by atoms with van der Waals surface area (Å²) in [7, 11) is 0. The minimum atomic E-state index is -0.0756. The van der Waals surface area contributed by atoms with Gasteiger partial charge in [0.25, 0.3) is 0 Å². The second-order valence-corrected chi connectivity index (χ2v) is 5.15. The first-order valence-electron chi connectivity index (χ1n) is 3.43. The zero-order valence-electron chi connectivity index (χ0n) is 7.03. The van der Waals surface area contributed by atoms with Crippen LogP contribution in [-0.2, 0) is 5.54 Å². The lowest BCUT2D eigenvalue weighted by atomic mass is 10.1. The quantitative estimate of drug-likeness (QED) is 0.669. The summed E-state index contributed by atoms with van der Waals surface area (Å²) in [6.45, 7) is 6.16. The van der Waals surface area contributed by atoms with E-state index in [-0.39, 0.29) is 5.54 Å². The molecule has 0 spiro atoms. The second-order valence-electron chi connectivity index (χ2n) is 3.47. The van der Waals surface area contributed by atoms with Crippen LogP contribution in [0.3, 0.4) is 0 Å². The molecule has 1 aromatic rings. The molecule has 0 amide bonds. The fraction of sp³-hybridized carbons (Fsp3) is 0.571. The van der Waals surface area contributed by atoms with Gasteiger partial charge in [0.2, 0.25) is 0 Å². The fourth-order valence-electron chi connectivity index (χ4n) is 0.922. The Morgan fingerprint density at radius 2 is 1.83 bits per heavy atom. The third-order valence-electron chi connectivity index (χ3n) is 1.41. The summed E-state index contributed by atoms with van der Waals surface area (Å²) in [5, 5.41) is 0.879. The molecule has 0 aliphatic heterocycles. The molecule has 0 unspecified atom stereocenters. The maximum absolute atomic E-state index is 5.96. The number of aromatic nitrogens is 2. The van der Waals surface area contributed by atoms with E-state index in [1.807, 2.05) is 4.57 Å². The number of imidazole rings is 1. The largest absolute Gasteiger partial charge is 0.304 e. The molecule has 0 atom stereocenters. The van der Waals surface area contributed by atoms with Crippen molar-refractivity contribution in [2.75, 3.05) is 0 Å². The number of halogens is 3. The SMILES string of the molecule is CC(C)(C)n1c(I)nc(Cl)c1Cl. The van der Waals surface area contributed by atoms with Gasteiger partial charge in [0.15, 0.2) is 8.98 Å². The average molecular weight is 319 g/mol. The highest BCUT2D eigenvalue weighted by Gasteiger charge is 2.22. The van der Waals surface area contributed by atoms with Gasteiger partial charge in [-0.15, -0.1) is 0 Å². The predicted molar refractivity (Wildman–Crippen MR) is 60.0 cm³/mol. The Hall–Kier alpha value is 0.520. The van der Waals surface area contributed by atoms with Gasteiger partial charge in [0.05, 0.1) is 0 Å². The molecule has 0 saturated carbocycles. The Kier molecular flexibility index (Phi) is 2.96. The van der Waals surface area contributed by atoms with Crippen LogP contribution in [0.15, 0.2) is 0 Å². The van der Waals surface area contributed by atoms with Crippen molar-refractivity contribution in [1.29, 1.82) is 0 Å². The molecule has 0 aromatic carbocycles. The number of hydrogen-bond acceptors (Lipinski definition) is 1. The van der Waals surface area contributed by atoms with Crippen molar-refractivity contribution in [1.82, 2.24) is 9.55 Å². The molecule has 0 N–H and O–H groups in total. The van der Waals surface area contributed by atoms with Crippen molar-refractivity contribution in [3.63, 3.8) is 0 Å². The van der Waals surface area contributed by atoms with Gasteiger partial charge in [-0.3, -0.25) is 0 Å². The van der Waals surface area contributed by atoms with Gasteiger partial charge in [0.1, 0.15) is 5.15 Å². The van der Waals surface area contributed by atoms with E-state index in [1.165, 1.54) is 0 Å². The molecule has 12 heavy (non-hydrogen) atoms. The van der Waals surface area contributed by atoms with Crippen molar-refractivity contribution >= 4 is 45.8 Å². The Balaban J connectivity index is 3.32. The van der Waals surface area contributed by atoms with E-state index in [1.54, 1.807) is 0 Å². The highest BCUT2D eigenvalue weighted by atomic mass is 127. The average Bonchev–Trinajstić information content (AvgIpc) is 2.05. The maximum Gasteiger partial charge on any atom is 0.174 e. The summed E-state index contributed by atoms with van der Waals surface area (Å²) in [4.78, 5) is 4.06. The molecule has 0 aliphatic carbocycles. The van der Waals surface area contributed by atoms with Crippen molar-refractivity contribution in [2.24, 2.45) is 0 Å². The smallest absolute Gasteiger partial charge is 0.174 e. The lowest BCUT2D eigenvalue weighted by Crippen LogP contribution is -2.23. The molecule has 0 fully saturated rings. The van der Waals surface area contributed by atoms with Crippen LogP contribution in [0, 0.1) is 3.83 Å². The third-order valence-corrected chi connectivity index (χ3v) is 2.84. The standard InChI is InChI=1S/C7H9Cl2IN2/c1-7(2,3)12-5(9)4(8)11-6(12)10/h1-3H3. The van der Waals surface area contributed by atoms with E-state index in [0.29, 0.717) is 10.3 Å². The highest BCUT2D eigenvalue weighted by molar-refractivity contribution is 14.1. The minimum Gasteiger partial charge on any atom is -0.304 e. The Bertz CT molecular complexity index is 301. The summed E-state index contributed by atoms with van der Waals surface area (Å²) in [5.41, 5.74) is -0.0756. The van der Waals surface area contributed by atoms with Crippen LogP contribution >= 0.6 is 45.8 Å². The van der Waals surface area contributed by atoms with E-state index in [4.69, 9.17) is 23.2 Å². The van der Waals surface area contributed by atoms with Crippen molar-refractivity contribution < 1.29 is 0 Å². The fourth-order valence-corrected chi connectivity index (χ4v) is 2.95. The van der Waals surface area contributed by atoms with Crippen LogP contribution in [0.25, 0.3) is 0 Å². The van der Waals surface area contributed by atoms with Crippen molar-refractivity contribution in [3.8, 4) is 0 Å². The van der Waals surface area contributed by atoms with Gasteiger partial charge in [-0.2, -0.15) is 0 Å². The molecule has 1 rings (SSSR count). The number of rotatable bonds is 0. The summed E-state index contributed by atoms with van der Waals surface area (Å²) in [6.07, 6.45) is 0. The van der Waals surface area contributed by atoms with E-state index in [9.17, 15) is 0 Å². The Morgan fingerprint density at radius 1 is 1.33 bits per heavy atom. The summed E-state index contributed by atoms with van der Waals surface area (Å²) in [6, 6.07) is 0. The lowest BCUT2D eigenvalue weighted by molar-refractivity contribution is 0.388. The Morgan fingerprint density at radius 3 is 2.00 bits per heavy atom. The molecule has 2 nitrogen and oxygen atoms in total. The summed E-state index contributed by atoms with van der Waals surface area (Å²) < 4.78 is 2.72. The molecular weight excluding hydrogens is 310 g/mol. The first-order valence-corrected chi connectivity index (χ1v) is 5.27. The van der Waals surface area contributed by atoms with Gasteiger partial charge in [-0.1, -0.05) is 23.2 Å². The predicted octanol–water partition coefficient (Wildman–Crippen LogP) is 3.55. The van der Waals surface area contributed by atoms with E-state index < -0.39 is 0 Å². The zero-order chi connectivity index (χ0) is 9.52. The van der Waals surface area contributed by atoms with Gasteiger partial charge in [0, 0.05) is 28.1 Å². The van der Waals surface area contributed by atoms with Crippen LogP contribution < -0.4 is 0 Å². The second kappa shape index (κ2) is 3.35. The highest BCUT2D eigenvalue weighted by Crippen LogP contribution is 2.29. The lowest BCUT2D eigenvalue weighted by Gasteiger charge is -2.22. The van der Waals surface area contributed by atoms with E-state index in [0.717, 1.165) is 3.83 Å². The van der Waals surface area contributed by atoms with Crippen LogP contribution in [-0.4, -0.2) is 9.55 Å². The molecule has 0 saturated heterocycles. The summed E-state index contributed by atoms with van der Waals surface area (Å²) >= 11 is 13.8. The first-order chi connectivity index (χ1) is 5.34. The normalized spacial score (nSPS) is 12.2. The zero-order valence-corrected chi connectivity index (χ0v) is 10.7. The van der Waals surface area contributed by atoms with Crippen LogP contribution in [0.5, 0.6) is 0 Å². The van der Waals surface area contributed by atoms with Crippen molar-refractivity contribution in [2.45, 2.75) is 26.3 Å². The van der Waals surface area contributed by atoms with Crippen LogP contribution in [0.2, 0.25) is 10.3 Å². The number of hydrogen-bond donors (Lipinski definition) is 0. The van der Waals surface area contributed by atoms with E-state index >= 15 is 0 Å². The Labute approximate surface area is 95.4 Å². The van der Waals surface area contributed by atoms with E-state index in [2.05, 4.69) is 48.3 Å². The van der Waals surface area contributed by atoms with Crippen LogP contribution in [0.4, 0.5) is 0 Å². The topological polar surface area (TPSA) is 17.8 Å². The minimum absolute atomic E-state index is 0.0756. The molecular formula is C7H9Cl2IN2. The van der Waals surface area contributed by atoms with Gasteiger partial charge >= 0.3 is 0 Å². The molecule has 0 bridgehead atoms. The molecule has 0 aliphatic rings. The summed E-state index contributed by atoms with van der Waals surface area (Å²) in [5.74, 6) is 0. The monoisotopic (exact) mass is 318 g/mol. The van der Waals surface area contributed by atoms with Gasteiger partial charge in [-0.25, -0.2) is 4.98 Å². The number of nitrogens with zero attached hydrogens (tertiary/aromatic N) is 2. The molecule has 1 aromatic heterocycles. The van der Waals surface area contributed by atoms with Gasteiger partial charge in [-0.05, 0) is 20.8 Å². The first kappa shape index (κ1) is 10.6. The molecule has 5 heteroatoms. The van der Waals surface area contributed by atoms with Crippen LogP contribution in [0.1, 0.15) is 20.8 Å². The molecule has 1 heterocycles. The van der Waals surface area contributed by atoms with Crippen molar-refractivity contribution in [3.05, 3.63) is 14.1 Å². The molecule has 0 radical (unpaired) electrons. The van der Waals surface area contributed by atoms with Gasteiger partial charge < -0.3 is 4.57 Å².